The molecule has 0 bridgehead atoms. The van der Waals surface area contributed by atoms with Crippen LogP contribution in [0.25, 0.3) is 0 Å². The number of nitro groups is 1. The minimum atomic E-state index is -3.19. The van der Waals surface area contributed by atoms with Gasteiger partial charge in [0.2, 0.25) is 0 Å². The highest BCUT2D eigenvalue weighted by atomic mass is 32.2. The molecule has 1 N–H and O–H groups in total. The van der Waals surface area contributed by atoms with E-state index in [4.69, 9.17) is 4.74 Å². The van der Waals surface area contributed by atoms with Crippen molar-refractivity contribution < 1.29 is 27.7 Å². The summed E-state index contributed by atoms with van der Waals surface area (Å²) in [6.07, 6.45) is 0.287. The first-order valence-electron chi connectivity index (χ1n) is 8.70. The Hall–Kier alpha value is -2.49. The predicted octanol–water partition coefficient (Wildman–Crippen LogP) is 1.74. The lowest BCUT2D eigenvalue weighted by atomic mass is 9.85. The summed E-state index contributed by atoms with van der Waals surface area (Å²) in [5.74, 6) is -1.68. The lowest BCUT2D eigenvalue weighted by Crippen LogP contribution is -2.48. The molecule has 0 spiro atoms. The first-order chi connectivity index (χ1) is 12.7. The van der Waals surface area contributed by atoms with Crippen LogP contribution in [0, 0.1) is 10.1 Å². The predicted molar refractivity (Wildman–Crippen MR) is 102 cm³/mol. The molecular formula is C18H24N2O7S. The van der Waals surface area contributed by atoms with Crippen LogP contribution in [-0.2, 0) is 24.8 Å². The van der Waals surface area contributed by atoms with E-state index in [1.54, 1.807) is 6.92 Å². The molecule has 0 radical (unpaired) electrons. The molecule has 0 aromatic heterocycles. The van der Waals surface area contributed by atoms with E-state index in [0.29, 0.717) is 5.56 Å². The highest BCUT2D eigenvalue weighted by molar-refractivity contribution is 7.91. The number of sulfone groups is 1. The molecule has 1 heterocycles. The smallest absolute Gasteiger partial charge is 0.338 e. The van der Waals surface area contributed by atoms with Gasteiger partial charge in [0.05, 0.1) is 27.5 Å². The third-order valence-corrected chi connectivity index (χ3v) is 6.42. The van der Waals surface area contributed by atoms with E-state index >= 15 is 0 Å². The van der Waals surface area contributed by atoms with Gasteiger partial charge >= 0.3 is 5.97 Å². The first kappa shape index (κ1) is 21.8. The van der Waals surface area contributed by atoms with Gasteiger partial charge in [0.25, 0.3) is 11.6 Å². The lowest BCUT2D eigenvalue weighted by molar-refractivity contribution is -0.386. The number of nitro benzene ring substituents is 1. The molecule has 1 aliphatic rings. The standard InChI is InChI=1S/C18H24N2O7S/c1-17(2,3)13-6-5-12(9-14(13)20(23)24)16(22)27-10-15(21)19-18(4)7-8-28(25,26)11-18/h5-6,9H,7-8,10-11H2,1-4H3,(H,19,21)/t18-/m0/s1. The van der Waals surface area contributed by atoms with Gasteiger partial charge in [-0.2, -0.15) is 0 Å². The van der Waals surface area contributed by atoms with E-state index in [-0.39, 0.29) is 29.2 Å². The fraction of sp³-hybridized carbons (Fsp3) is 0.556. The number of hydrogen-bond donors (Lipinski definition) is 1. The first-order valence-corrected chi connectivity index (χ1v) is 10.5. The molecule has 0 unspecified atom stereocenters. The maximum absolute atomic E-state index is 12.2. The van der Waals surface area contributed by atoms with Gasteiger partial charge in [-0.3, -0.25) is 14.9 Å². The fourth-order valence-corrected chi connectivity index (χ4v) is 5.23. The molecule has 10 heteroatoms. The Morgan fingerprint density at radius 3 is 2.46 bits per heavy atom. The lowest BCUT2D eigenvalue weighted by Gasteiger charge is -2.23. The van der Waals surface area contributed by atoms with E-state index in [0.717, 1.165) is 6.07 Å². The number of carbonyl (C=O) groups is 2. The van der Waals surface area contributed by atoms with Gasteiger partial charge in [0.1, 0.15) is 0 Å². The second-order valence-corrected chi connectivity index (χ2v) is 10.5. The monoisotopic (exact) mass is 412 g/mol. The van der Waals surface area contributed by atoms with Crippen LogP contribution < -0.4 is 5.32 Å². The van der Waals surface area contributed by atoms with Crippen molar-refractivity contribution in [2.24, 2.45) is 0 Å². The number of hydrogen-bond acceptors (Lipinski definition) is 7. The average molecular weight is 412 g/mol. The van der Waals surface area contributed by atoms with Crippen molar-refractivity contribution >= 4 is 27.4 Å². The molecule has 154 valence electrons. The number of rotatable bonds is 5. The zero-order valence-corrected chi connectivity index (χ0v) is 17.1. The van der Waals surface area contributed by atoms with Gasteiger partial charge in [0.15, 0.2) is 16.4 Å². The summed E-state index contributed by atoms with van der Waals surface area (Å²) in [7, 11) is -3.19. The maximum atomic E-state index is 12.2. The molecule has 1 aromatic rings. The van der Waals surface area contributed by atoms with Crippen LogP contribution >= 0.6 is 0 Å². The van der Waals surface area contributed by atoms with Crippen molar-refractivity contribution in [3.05, 3.63) is 39.4 Å². The van der Waals surface area contributed by atoms with E-state index in [9.17, 15) is 28.1 Å². The third-order valence-electron chi connectivity index (χ3n) is 4.52. The summed E-state index contributed by atoms with van der Waals surface area (Å²) in [5.41, 5.74) is -1.14. The van der Waals surface area contributed by atoms with Gasteiger partial charge in [-0.05, 0) is 24.8 Å². The maximum Gasteiger partial charge on any atom is 0.338 e. The SMILES string of the molecule is CC(C)(C)c1ccc(C(=O)OCC(=O)N[C@@]2(C)CCS(=O)(=O)C2)cc1[N+](=O)[O-]. The Balaban J connectivity index is 2.04. The zero-order chi connectivity index (χ0) is 21.3. The number of nitrogens with zero attached hydrogens (tertiary/aromatic N) is 1. The van der Waals surface area contributed by atoms with E-state index in [1.807, 2.05) is 20.8 Å². The molecule has 28 heavy (non-hydrogen) atoms. The van der Waals surface area contributed by atoms with Gasteiger partial charge in [-0.15, -0.1) is 0 Å². The Labute approximate surface area is 163 Å². The number of esters is 1. The highest BCUT2D eigenvalue weighted by Crippen LogP contribution is 2.32. The summed E-state index contributed by atoms with van der Waals surface area (Å²) in [6, 6.07) is 4.05. The number of ether oxygens (including phenoxy) is 1. The normalized spacial score (nSPS) is 21.1. The summed E-state index contributed by atoms with van der Waals surface area (Å²) in [6.45, 7) is 6.47. The third kappa shape index (κ3) is 5.28. The van der Waals surface area contributed by atoms with Crippen molar-refractivity contribution in [2.75, 3.05) is 18.1 Å². The van der Waals surface area contributed by atoms with Crippen molar-refractivity contribution in [1.82, 2.24) is 5.32 Å². The summed E-state index contributed by atoms with van der Waals surface area (Å²) >= 11 is 0. The fourth-order valence-electron chi connectivity index (χ4n) is 3.14. The molecule has 0 saturated carbocycles. The summed E-state index contributed by atoms with van der Waals surface area (Å²) in [5, 5.41) is 13.9. The molecule has 1 amide bonds. The molecule has 1 aromatic carbocycles. The Bertz CT molecular complexity index is 918. The Morgan fingerprint density at radius 2 is 1.96 bits per heavy atom. The van der Waals surface area contributed by atoms with Crippen LogP contribution in [0.5, 0.6) is 0 Å². The molecule has 1 aliphatic heterocycles. The Morgan fingerprint density at radius 1 is 1.32 bits per heavy atom. The van der Waals surface area contributed by atoms with Gasteiger partial charge < -0.3 is 10.1 Å². The van der Waals surface area contributed by atoms with Gasteiger partial charge in [-0.1, -0.05) is 26.8 Å². The minimum Gasteiger partial charge on any atom is -0.452 e. The molecular weight excluding hydrogens is 388 g/mol. The van der Waals surface area contributed by atoms with Crippen molar-refractivity contribution in [3.63, 3.8) is 0 Å². The van der Waals surface area contributed by atoms with Gasteiger partial charge in [0, 0.05) is 11.6 Å². The summed E-state index contributed by atoms with van der Waals surface area (Å²) < 4.78 is 28.1. The van der Waals surface area contributed by atoms with Gasteiger partial charge in [-0.25, -0.2) is 13.2 Å². The number of nitrogens with one attached hydrogen (secondary N) is 1. The topological polar surface area (TPSA) is 133 Å². The quantitative estimate of drug-likeness (QED) is 0.442. The van der Waals surface area contributed by atoms with Crippen LogP contribution in [-0.4, -0.2) is 48.9 Å². The molecule has 1 atom stereocenters. The van der Waals surface area contributed by atoms with Crippen molar-refractivity contribution in [1.29, 1.82) is 0 Å². The van der Waals surface area contributed by atoms with E-state index in [1.165, 1.54) is 12.1 Å². The minimum absolute atomic E-state index is 0.00659. The van der Waals surface area contributed by atoms with E-state index < -0.39 is 44.2 Å². The van der Waals surface area contributed by atoms with Crippen LogP contribution in [0.2, 0.25) is 0 Å². The van der Waals surface area contributed by atoms with Crippen LogP contribution in [0.15, 0.2) is 18.2 Å². The molecule has 9 nitrogen and oxygen atoms in total. The largest absolute Gasteiger partial charge is 0.452 e. The highest BCUT2D eigenvalue weighted by Gasteiger charge is 2.39. The number of benzene rings is 1. The van der Waals surface area contributed by atoms with E-state index in [2.05, 4.69) is 5.32 Å². The Kier molecular flexibility index (Phi) is 5.84. The van der Waals surface area contributed by atoms with Crippen LogP contribution in [0.3, 0.4) is 0 Å². The van der Waals surface area contributed by atoms with Crippen molar-refractivity contribution in [3.8, 4) is 0 Å². The molecule has 1 fully saturated rings. The number of carbonyl (C=O) groups excluding carboxylic acids is 2. The zero-order valence-electron chi connectivity index (χ0n) is 16.3. The van der Waals surface area contributed by atoms with Crippen molar-refractivity contribution in [2.45, 2.75) is 45.1 Å². The average Bonchev–Trinajstić information content (AvgIpc) is 2.84. The van der Waals surface area contributed by atoms with Crippen LogP contribution in [0.1, 0.15) is 50.0 Å². The number of amides is 1. The molecule has 0 aliphatic carbocycles. The summed E-state index contributed by atoms with van der Waals surface area (Å²) in [4.78, 5) is 35.0. The second kappa shape index (κ2) is 7.50. The second-order valence-electron chi connectivity index (χ2n) is 8.27. The van der Waals surface area contributed by atoms with Crippen LogP contribution in [0.4, 0.5) is 5.69 Å². The molecule has 2 rings (SSSR count). The molecule has 1 saturated heterocycles.